The Morgan fingerprint density at radius 2 is 1.63 bits per heavy atom. The van der Waals surface area contributed by atoms with Gasteiger partial charge in [0.2, 0.25) is 5.91 Å². The quantitative estimate of drug-likeness (QED) is 0.278. The van der Waals surface area contributed by atoms with E-state index in [-0.39, 0.29) is 11.7 Å². The standard InChI is InChI=1S/C29H31N3O6/c1-29(18-38-29)26(33)23(15-19-7-5-4-6-8-19)32-27(34)24(16-20-9-11-22(36-2)12-10-20)31-25-17-21(13-14-30-25)28(35)37-3/h4-14,17,23-24H,15-16,18H2,1-3H3,(H,30,31)(H,32,34)/t23-,24-,29+/m1/s1. The highest BCUT2D eigenvalue weighted by Gasteiger charge is 2.50. The molecule has 4 rings (SSSR count). The molecule has 0 unspecified atom stereocenters. The van der Waals surface area contributed by atoms with E-state index >= 15 is 0 Å². The van der Waals surface area contributed by atoms with E-state index in [1.165, 1.54) is 25.4 Å². The second-order valence-electron chi connectivity index (χ2n) is 9.31. The smallest absolute Gasteiger partial charge is 0.338 e. The Hall–Kier alpha value is -4.24. The molecule has 1 fully saturated rings. The number of ketones is 1. The lowest BCUT2D eigenvalue weighted by Gasteiger charge is -2.24. The minimum absolute atomic E-state index is 0.177. The number of nitrogens with zero attached hydrogens (tertiary/aromatic N) is 1. The van der Waals surface area contributed by atoms with Gasteiger partial charge < -0.3 is 24.8 Å². The fourth-order valence-electron chi connectivity index (χ4n) is 4.09. The number of rotatable bonds is 12. The number of ether oxygens (including phenoxy) is 3. The van der Waals surface area contributed by atoms with Crippen LogP contribution < -0.4 is 15.4 Å². The topological polar surface area (TPSA) is 119 Å². The van der Waals surface area contributed by atoms with Gasteiger partial charge in [0.05, 0.1) is 32.4 Å². The predicted octanol–water partition coefficient (Wildman–Crippen LogP) is 2.99. The second-order valence-corrected chi connectivity index (χ2v) is 9.31. The van der Waals surface area contributed by atoms with E-state index in [0.717, 1.165) is 11.1 Å². The normalized spacial score (nSPS) is 17.6. The zero-order chi connectivity index (χ0) is 27.1. The number of methoxy groups -OCH3 is 2. The van der Waals surface area contributed by atoms with Crippen LogP contribution in [-0.4, -0.2) is 61.2 Å². The Bertz CT molecular complexity index is 1270. The average molecular weight is 518 g/mol. The summed E-state index contributed by atoms with van der Waals surface area (Å²) in [5.41, 5.74) is 1.18. The van der Waals surface area contributed by atoms with Gasteiger partial charge in [-0.2, -0.15) is 0 Å². The average Bonchev–Trinajstić information content (AvgIpc) is 3.70. The maximum absolute atomic E-state index is 13.7. The lowest BCUT2D eigenvalue weighted by molar-refractivity contribution is -0.130. The van der Waals surface area contributed by atoms with Crippen LogP contribution in [0.3, 0.4) is 0 Å². The van der Waals surface area contributed by atoms with Crippen molar-refractivity contribution < 1.29 is 28.6 Å². The van der Waals surface area contributed by atoms with Crippen molar-refractivity contribution in [2.75, 3.05) is 26.1 Å². The highest BCUT2D eigenvalue weighted by Crippen LogP contribution is 2.29. The van der Waals surface area contributed by atoms with Crippen molar-refractivity contribution in [2.24, 2.45) is 0 Å². The number of hydrogen-bond donors (Lipinski definition) is 2. The van der Waals surface area contributed by atoms with Gasteiger partial charge in [0, 0.05) is 12.6 Å². The molecule has 9 nitrogen and oxygen atoms in total. The van der Waals surface area contributed by atoms with E-state index < -0.39 is 23.7 Å². The number of nitrogens with one attached hydrogen (secondary N) is 2. The summed E-state index contributed by atoms with van der Waals surface area (Å²) in [6, 6.07) is 18.3. The zero-order valence-corrected chi connectivity index (χ0v) is 21.6. The summed E-state index contributed by atoms with van der Waals surface area (Å²) < 4.78 is 15.4. The van der Waals surface area contributed by atoms with Crippen LogP contribution in [0, 0.1) is 0 Å². The summed E-state index contributed by atoms with van der Waals surface area (Å²) in [6.45, 7) is 2.06. The summed E-state index contributed by atoms with van der Waals surface area (Å²) in [7, 11) is 2.88. The van der Waals surface area contributed by atoms with Gasteiger partial charge in [-0.15, -0.1) is 0 Å². The molecule has 0 radical (unpaired) electrons. The lowest BCUT2D eigenvalue weighted by Crippen LogP contribution is -2.52. The summed E-state index contributed by atoms with van der Waals surface area (Å²) >= 11 is 0. The first kappa shape index (κ1) is 26.8. The second kappa shape index (κ2) is 11.9. The molecule has 38 heavy (non-hydrogen) atoms. The highest BCUT2D eigenvalue weighted by atomic mass is 16.6. The number of epoxide rings is 1. The van der Waals surface area contributed by atoms with Gasteiger partial charge in [0.25, 0.3) is 0 Å². The van der Waals surface area contributed by atoms with Gasteiger partial charge in [-0.3, -0.25) is 9.59 Å². The number of amides is 1. The van der Waals surface area contributed by atoms with E-state index in [1.807, 2.05) is 54.6 Å². The molecule has 3 aromatic rings. The van der Waals surface area contributed by atoms with Gasteiger partial charge in [-0.1, -0.05) is 42.5 Å². The van der Waals surface area contributed by atoms with Crippen molar-refractivity contribution in [2.45, 2.75) is 37.5 Å². The van der Waals surface area contributed by atoms with Gasteiger partial charge in [0.15, 0.2) is 5.78 Å². The van der Waals surface area contributed by atoms with Crippen LogP contribution in [0.4, 0.5) is 5.82 Å². The molecule has 2 heterocycles. The molecule has 2 N–H and O–H groups in total. The molecule has 1 aliphatic heterocycles. The molecule has 1 aromatic heterocycles. The fraction of sp³-hybridized carbons (Fsp3) is 0.310. The number of anilines is 1. The van der Waals surface area contributed by atoms with Crippen LogP contribution in [0.25, 0.3) is 0 Å². The van der Waals surface area contributed by atoms with Gasteiger partial charge in [0.1, 0.15) is 23.2 Å². The number of esters is 1. The molecule has 1 aliphatic rings. The molecule has 1 saturated heterocycles. The van der Waals surface area contributed by atoms with E-state index in [1.54, 1.807) is 14.0 Å². The number of aromatic nitrogens is 1. The van der Waals surface area contributed by atoms with Crippen LogP contribution in [-0.2, 0) is 31.9 Å². The number of carbonyl (C=O) groups is 3. The van der Waals surface area contributed by atoms with Crippen LogP contribution in [0.5, 0.6) is 5.75 Å². The lowest BCUT2D eigenvalue weighted by atomic mass is 9.94. The molecule has 2 aromatic carbocycles. The minimum atomic E-state index is -0.901. The van der Waals surface area contributed by atoms with Gasteiger partial charge in [-0.25, -0.2) is 9.78 Å². The number of pyridine rings is 1. The van der Waals surface area contributed by atoms with E-state index in [4.69, 9.17) is 14.2 Å². The van der Waals surface area contributed by atoms with Crippen molar-refractivity contribution >= 4 is 23.5 Å². The fourth-order valence-corrected chi connectivity index (χ4v) is 4.09. The molecular formula is C29H31N3O6. The highest BCUT2D eigenvalue weighted by molar-refractivity contribution is 5.98. The van der Waals surface area contributed by atoms with E-state index in [9.17, 15) is 14.4 Å². The Labute approximate surface area is 221 Å². The maximum atomic E-state index is 13.7. The summed E-state index contributed by atoms with van der Waals surface area (Å²) in [5.74, 6) is -0.0579. The molecule has 0 spiro atoms. The summed E-state index contributed by atoms with van der Waals surface area (Å²) in [5, 5.41) is 6.08. The largest absolute Gasteiger partial charge is 0.497 e. The van der Waals surface area contributed by atoms with Crippen molar-refractivity contribution in [1.29, 1.82) is 0 Å². The van der Waals surface area contributed by atoms with Crippen molar-refractivity contribution in [3.63, 3.8) is 0 Å². The molecule has 1 amide bonds. The Morgan fingerprint density at radius 3 is 2.26 bits per heavy atom. The predicted molar refractivity (Wildman–Crippen MR) is 141 cm³/mol. The molecule has 0 bridgehead atoms. The minimum Gasteiger partial charge on any atom is -0.497 e. The van der Waals surface area contributed by atoms with E-state index in [2.05, 4.69) is 15.6 Å². The van der Waals surface area contributed by atoms with Crippen molar-refractivity contribution in [3.05, 3.63) is 89.6 Å². The van der Waals surface area contributed by atoms with E-state index in [0.29, 0.717) is 36.6 Å². The summed E-state index contributed by atoms with van der Waals surface area (Å²) in [6.07, 6.45) is 2.08. The van der Waals surface area contributed by atoms with Crippen molar-refractivity contribution in [3.8, 4) is 5.75 Å². The van der Waals surface area contributed by atoms with Gasteiger partial charge >= 0.3 is 5.97 Å². The molecule has 3 atom stereocenters. The van der Waals surface area contributed by atoms with Crippen LogP contribution in [0.1, 0.15) is 28.4 Å². The molecule has 198 valence electrons. The molecule has 9 heteroatoms. The summed E-state index contributed by atoms with van der Waals surface area (Å²) in [4.78, 5) is 43.3. The molecular weight excluding hydrogens is 486 g/mol. The maximum Gasteiger partial charge on any atom is 0.338 e. The number of Topliss-reactive ketones (excluding diaryl/α,β-unsaturated/α-hetero) is 1. The first-order valence-electron chi connectivity index (χ1n) is 12.3. The van der Waals surface area contributed by atoms with Crippen LogP contribution >= 0.6 is 0 Å². The Balaban J connectivity index is 1.59. The zero-order valence-electron chi connectivity index (χ0n) is 21.6. The Morgan fingerprint density at radius 1 is 0.974 bits per heavy atom. The number of carbonyl (C=O) groups excluding carboxylic acids is 3. The van der Waals surface area contributed by atoms with Crippen LogP contribution in [0.15, 0.2) is 72.9 Å². The number of benzene rings is 2. The monoisotopic (exact) mass is 517 g/mol. The Kier molecular flexibility index (Phi) is 8.38. The third-order valence-corrected chi connectivity index (χ3v) is 6.43. The first-order valence-corrected chi connectivity index (χ1v) is 12.3. The third-order valence-electron chi connectivity index (χ3n) is 6.43. The van der Waals surface area contributed by atoms with Crippen molar-refractivity contribution in [1.82, 2.24) is 10.3 Å². The number of hydrogen-bond acceptors (Lipinski definition) is 8. The SMILES string of the molecule is COC(=O)c1ccnc(N[C@H](Cc2ccc(OC)cc2)C(=O)N[C@H](Cc2ccccc2)C(=O)[C@]2(C)CO2)c1. The molecule has 0 saturated carbocycles. The van der Waals surface area contributed by atoms with Crippen LogP contribution in [0.2, 0.25) is 0 Å². The molecule has 0 aliphatic carbocycles. The third kappa shape index (κ3) is 6.74. The van der Waals surface area contributed by atoms with Gasteiger partial charge in [-0.05, 0) is 48.7 Å². The first-order chi connectivity index (χ1) is 18.3.